The third kappa shape index (κ3) is 5.41. The van der Waals surface area contributed by atoms with Gasteiger partial charge in [-0.1, -0.05) is 36.8 Å². The van der Waals surface area contributed by atoms with E-state index in [1.807, 2.05) is 58.0 Å². The van der Waals surface area contributed by atoms with Gasteiger partial charge in [0.05, 0.1) is 18.3 Å². The molecule has 1 aromatic rings. The Labute approximate surface area is 185 Å². The van der Waals surface area contributed by atoms with Gasteiger partial charge in [0.2, 0.25) is 0 Å². The Balaban J connectivity index is 1.53. The molecule has 0 spiro atoms. The number of hydrogen-bond donors (Lipinski definition) is 0. The molecule has 2 unspecified atom stereocenters. The van der Waals surface area contributed by atoms with E-state index < -0.39 is 18.1 Å². The standard InChI is InChI=1S/C23H34BNO6/c1-22(2)23(3,4)31-24(30-22)14-9-12-18-13-15-25(19(18)20(26)28-5)21(27)29-16-17-10-7-6-8-11-17/h6-8,10-11,18-19H,9,12-16H2,1-5H3. The summed E-state index contributed by atoms with van der Waals surface area (Å²) in [4.78, 5) is 26.7. The number of carbonyl (C=O) groups excluding carboxylic acids is 2. The summed E-state index contributed by atoms with van der Waals surface area (Å²) < 4.78 is 22.6. The van der Waals surface area contributed by atoms with Gasteiger partial charge < -0.3 is 18.8 Å². The van der Waals surface area contributed by atoms with Crippen molar-refractivity contribution >= 4 is 19.2 Å². The first-order valence-corrected chi connectivity index (χ1v) is 11.1. The summed E-state index contributed by atoms with van der Waals surface area (Å²) in [5.74, 6) is -0.367. The molecule has 2 fully saturated rings. The summed E-state index contributed by atoms with van der Waals surface area (Å²) in [6.45, 7) is 8.81. The van der Waals surface area contributed by atoms with Crippen LogP contribution < -0.4 is 0 Å². The van der Waals surface area contributed by atoms with Gasteiger partial charge in [0.15, 0.2) is 0 Å². The monoisotopic (exact) mass is 431 g/mol. The molecule has 2 atom stereocenters. The van der Waals surface area contributed by atoms with Gasteiger partial charge in [-0.15, -0.1) is 0 Å². The molecule has 2 aliphatic rings. The van der Waals surface area contributed by atoms with Crippen molar-refractivity contribution in [3.05, 3.63) is 35.9 Å². The molecule has 0 bridgehead atoms. The van der Waals surface area contributed by atoms with Crippen molar-refractivity contribution in [2.45, 2.75) is 77.1 Å². The van der Waals surface area contributed by atoms with Crippen molar-refractivity contribution < 1.29 is 28.4 Å². The molecule has 2 saturated heterocycles. The second-order valence-electron chi connectivity index (χ2n) is 9.37. The highest BCUT2D eigenvalue weighted by atomic mass is 16.7. The number of ether oxygens (including phenoxy) is 2. The quantitative estimate of drug-likeness (QED) is 0.479. The lowest BCUT2D eigenvalue weighted by Gasteiger charge is -2.32. The number of benzene rings is 1. The minimum absolute atomic E-state index is 0.0270. The second kappa shape index (κ2) is 9.61. The van der Waals surface area contributed by atoms with Crippen LogP contribution in [-0.4, -0.2) is 55.0 Å². The van der Waals surface area contributed by atoms with Crippen molar-refractivity contribution in [3.8, 4) is 0 Å². The number of carbonyl (C=O) groups is 2. The average Bonchev–Trinajstić information content (AvgIpc) is 3.23. The number of likely N-dealkylation sites (tertiary alicyclic amines) is 1. The Morgan fingerprint density at radius 3 is 2.39 bits per heavy atom. The molecule has 0 saturated carbocycles. The lowest BCUT2D eigenvalue weighted by molar-refractivity contribution is -0.146. The molecule has 0 aromatic heterocycles. The number of hydrogen-bond acceptors (Lipinski definition) is 6. The van der Waals surface area contributed by atoms with E-state index in [0.29, 0.717) is 6.54 Å². The molecular weight excluding hydrogens is 397 g/mol. The van der Waals surface area contributed by atoms with Gasteiger partial charge in [-0.25, -0.2) is 9.59 Å². The van der Waals surface area contributed by atoms with Crippen LogP contribution in [0.3, 0.4) is 0 Å². The summed E-state index contributed by atoms with van der Waals surface area (Å²) in [6, 6.07) is 8.87. The van der Waals surface area contributed by atoms with E-state index >= 15 is 0 Å². The first kappa shape index (κ1) is 23.6. The van der Waals surface area contributed by atoms with Crippen molar-refractivity contribution in [3.63, 3.8) is 0 Å². The molecule has 31 heavy (non-hydrogen) atoms. The van der Waals surface area contributed by atoms with Gasteiger partial charge in [-0.3, -0.25) is 4.90 Å². The van der Waals surface area contributed by atoms with Crippen LogP contribution in [0, 0.1) is 5.92 Å². The fourth-order valence-electron chi connectivity index (χ4n) is 4.24. The first-order chi connectivity index (χ1) is 14.6. The van der Waals surface area contributed by atoms with E-state index in [9.17, 15) is 9.59 Å². The topological polar surface area (TPSA) is 74.3 Å². The zero-order valence-electron chi connectivity index (χ0n) is 19.3. The van der Waals surface area contributed by atoms with E-state index in [1.165, 1.54) is 12.0 Å². The molecule has 2 aliphatic heterocycles. The Bertz CT molecular complexity index is 753. The maximum absolute atomic E-state index is 12.7. The number of methoxy groups -OCH3 is 1. The smallest absolute Gasteiger partial charge is 0.457 e. The minimum Gasteiger partial charge on any atom is -0.467 e. The third-order valence-electron chi connectivity index (χ3n) is 6.72. The summed E-state index contributed by atoms with van der Waals surface area (Å²) in [7, 11) is 1.10. The lowest BCUT2D eigenvalue weighted by Crippen LogP contribution is -2.44. The first-order valence-electron chi connectivity index (χ1n) is 11.1. The number of nitrogens with zero attached hydrogens (tertiary/aromatic N) is 1. The predicted molar refractivity (Wildman–Crippen MR) is 117 cm³/mol. The summed E-state index contributed by atoms with van der Waals surface area (Å²) in [6.07, 6.45) is 2.63. The van der Waals surface area contributed by atoms with E-state index in [0.717, 1.165) is 31.1 Å². The maximum atomic E-state index is 12.7. The number of esters is 1. The van der Waals surface area contributed by atoms with Crippen LogP contribution in [0.1, 0.15) is 52.5 Å². The van der Waals surface area contributed by atoms with E-state index in [2.05, 4.69) is 0 Å². The van der Waals surface area contributed by atoms with Gasteiger partial charge in [0, 0.05) is 6.54 Å². The molecule has 2 heterocycles. The van der Waals surface area contributed by atoms with Crippen LogP contribution in [0.2, 0.25) is 6.32 Å². The zero-order valence-corrected chi connectivity index (χ0v) is 19.3. The van der Waals surface area contributed by atoms with Crippen LogP contribution in [0.4, 0.5) is 4.79 Å². The SMILES string of the molecule is COC(=O)C1C(CCCB2OC(C)(C)C(C)(C)O2)CCN1C(=O)OCc1ccccc1. The molecule has 1 aromatic carbocycles. The van der Waals surface area contributed by atoms with Crippen LogP contribution in [-0.2, 0) is 30.2 Å². The molecule has 1 amide bonds. The molecule has 0 radical (unpaired) electrons. The van der Waals surface area contributed by atoms with Crippen molar-refractivity contribution in [1.82, 2.24) is 4.90 Å². The largest absolute Gasteiger partial charge is 0.467 e. The minimum atomic E-state index is -0.619. The predicted octanol–water partition coefficient (Wildman–Crippen LogP) is 4.06. The highest BCUT2D eigenvalue weighted by Gasteiger charge is 2.51. The van der Waals surface area contributed by atoms with Crippen molar-refractivity contribution in [1.29, 1.82) is 0 Å². The molecule has 0 aliphatic carbocycles. The molecule has 0 N–H and O–H groups in total. The number of rotatable bonds is 7. The summed E-state index contributed by atoms with van der Waals surface area (Å²) >= 11 is 0. The van der Waals surface area contributed by atoms with E-state index in [4.69, 9.17) is 18.8 Å². The van der Waals surface area contributed by atoms with Crippen LogP contribution >= 0.6 is 0 Å². The van der Waals surface area contributed by atoms with Crippen LogP contribution in [0.5, 0.6) is 0 Å². The number of amides is 1. The van der Waals surface area contributed by atoms with E-state index in [1.54, 1.807) is 0 Å². The van der Waals surface area contributed by atoms with Gasteiger partial charge in [0.1, 0.15) is 12.6 Å². The van der Waals surface area contributed by atoms with Crippen LogP contribution in [0.15, 0.2) is 30.3 Å². The maximum Gasteiger partial charge on any atom is 0.457 e. The lowest BCUT2D eigenvalue weighted by atomic mass is 9.80. The Morgan fingerprint density at radius 1 is 1.13 bits per heavy atom. The van der Waals surface area contributed by atoms with Gasteiger partial charge in [-0.2, -0.15) is 0 Å². The van der Waals surface area contributed by atoms with E-state index in [-0.39, 0.29) is 30.8 Å². The molecule has 7 nitrogen and oxygen atoms in total. The zero-order chi connectivity index (χ0) is 22.6. The average molecular weight is 431 g/mol. The highest BCUT2D eigenvalue weighted by molar-refractivity contribution is 6.45. The highest BCUT2D eigenvalue weighted by Crippen LogP contribution is 2.39. The fraction of sp³-hybridized carbons (Fsp3) is 0.652. The van der Waals surface area contributed by atoms with Crippen molar-refractivity contribution in [2.24, 2.45) is 5.92 Å². The third-order valence-corrected chi connectivity index (χ3v) is 6.72. The molecule has 170 valence electrons. The molecule has 8 heteroatoms. The summed E-state index contributed by atoms with van der Waals surface area (Å²) in [5.41, 5.74) is 0.209. The fourth-order valence-corrected chi connectivity index (χ4v) is 4.24. The van der Waals surface area contributed by atoms with Gasteiger partial charge in [0.25, 0.3) is 0 Å². The normalized spacial score (nSPS) is 24.3. The Morgan fingerprint density at radius 2 is 1.77 bits per heavy atom. The second-order valence-corrected chi connectivity index (χ2v) is 9.37. The van der Waals surface area contributed by atoms with Gasteiger partial charge >= 0.3 is 19.2 Å². The van der Waals surface area contributed by atoms with Gasteiger partial charge in [-0.05, 0) is 58.3 Å². The van der Waals surface area contributed by atoms with Crippen LogP contribution in [0.25, 0.3) is 0 Å². The summed E-state index contributed by atoms with van der Waals surface area (Å²) in [5, 5.41) is 0. The Hall–Kier alpha value is -2.06. The molecular formula is C23H34BNO6. The Kier molecular flexibility index (Phi) is 7.32. The molecule has 3 rings (SSSR count). The van der Waals surface area contributed by atoms with Crippen molar-refractivity contribution in [2.75, 3.05) is 13.7 Å².